The van der Waals surface area contributed by atoms with E-state index in [-0.39, 0.29) is 22.9 Å². The first-order chi connectivity index (χ1) is 6.60. The Labute approximate surface area is 86.3 Å². The number of alkyl halides is 3. The van der Waals surface area contributed by atoms with Crippen molar-refractivity contribution in [2.45, 2.75) is 11.8 Å². The molecule has 1 aromatic rings. The lowest BCUT2D eigenvalue weighted by molar-refractivity contribution is 0.110. The van der Waals surface area contributed by atoms with Gasteiger partial charge in [0.2, 0.25) is 0 Å². The lowest BCUT2D eigenvalue weighted by atomic mass is 10.1. The average molecular weight is 266 g/mol. The van der Waals surface area contributed by atoms with Crippen LogP contribution in [0.2, 0.25) is 0 Å². The van der Waals surface area contributed by atoms with Crippen LogP contribution in [0.3, 0.4) is 0 Å². The summed E-state index contributed by atoms with van der Waals surface area (Å²) in [5.41, 5.74) is -1.18. The number of H-pyrrole nitrogens is 1. The number of hydrogen-bond acceptors (Lipinski definition) is 2. The van der Waals surface area contributed by atoms with Crippen LogP contribution in [0.1, 0.15) is 28.0 Å². The zero-order chi connectivity index (χ0) is 10.7. The van der Waals surface area contributed by atoms with Gasteiger partial charge in [-0.25, -0.2) is 8.78 Å². The van der Waals surface area contributed by atoms with E-state index in [0.29, 0.717) is 0 Å². The van der Waals surface area contributed by atoms with Crippen molar-refractivity contribution < 1.29 is 13.6 Å². The second kappa shape index (κ2) is 4.45. The van der Waals surface area contributed by atoms with E-state index in [1.807, 2.05) is 0 Å². The SMILES string of the molecule is O=Cc1[nH]c(=O)c(CBr)cc1C(F)F. The molecule has 0 unspecified atom stereocenters. The van der Waals surface area contributed by atoms with Gasteiger partial charge in [-0.2, -0.15) is 0 Å². The van der Waals surface area contributed by atoms with E-state index >= 15 is 0 Å². The standard InChI is InChI=1S/C8H6BrF2NO2/c9-2-4-1-5(7(10)11)6(3-13)12-8(4)14/h1,3,7H,2H2,(H,12,14). The minimum Gasteiger partial charge on any atom is -0.319 e. The maximum atomic E-state index is 12.4. The second-order valence-corrected chi connectivity index (χ2v) is 3.11. The van der Waals surface area contributed by atoms with E-state index < -0.39 is 17.5 Å². The Morgan fingerprint density at radius 2 is 2.21 bits per heavy atom. The Morgan fingerprint density at radius 1 is 1.57 bits per heavy atom. The first-order valence-corrected chi connectivity index (χ1v) is 4.77. The number of pyridine rings is 1. The minimum atomic E-state index is -2.77. The second-order valence-electron chi connectivity index (χ2n) is 2.54. The summed E-state index contributed by atoms with van der Waals surface area (Å²) in [6.07, 6.45) is -2.56. The smallest absolute Gasteiger partial charge is 0.265 e. The number of hydrogen-bond donors (Lipinski definition) is 1. The number of carbonyl (C=O) groups excluding carboxylic acids is 1. The van der Waals surface area contributed by atoms with Gasteiger partial charge in [-0.1, -0.05) is 15.9 Å². The van der Waals surface area contributed by atoms with Crippen molar-refractivity contribution in [1.82, 2.24) is 4.98 Å². The third-order valence-corrected chi connectivity index (χ3v) is 2.28. The van der Waals surface area contributed by atoms with Gasteiger partial charge in [0.05, 0.1) is 5.69 Å². The fourth-order valence-electron chi connectivity index (χ4n) is 0.983. The molecule has 0 radical (unpaired) electrons. The molecule has 1 aromatic heterocycles. The molecule has 0 atom stereocenters. The third-order valence-electron chi connectivity index (χ3n) is 1.68. The Kier molecular flexibility index (Phi) is 3.51. The van der Waals surface area contributed by atoms with Crippen molar-refractivity contribution in [3.8, 4) is 0 Å². The maximum absolute atomic E-state index is 12.4. The molecule has 1 heterocycles. The summed E-state index contributed by atoms with van der Waals surface area (Å²) < 4.78 is 24.7. The summed E-state index contributed by atoms with van der Waals surface area (Å²) >= 11 is 2.98. The van der Waals surface area contributed by atoms with Crippen LogP contribution in [0.25, 0.3) is 0 Å². The summed E-state index contributed by atoms with van der Waals surface area (Å²) in [4.78, 5) is 23.6. The molecular weight excluding hydrogens is 260 g/mol. The van der Waals surface area contributed by atoms with Gasteiger partial charge in [0.25, 0.3) is 12.0 Å². The Balaban J connectivity index is 3.40. The molecule has 0 saturated carbocycles. The highest BCUT2D eigenvalue weighted by Crippen LogP contribution is 2.20. The lowest BCUT2D eigenvalue weighted by Gasteiger charge is -2.04. The van der Waals surface area contributed by atoms with Gasteiger partial charge in [0.1, 0.15) is 0 Å². The summed E-state index contributed by atoms with van der Waals surface area (Å²) in [5, 5.41) is 0.168. The molecule has 1 rings (SSSR count). The highest BCUT2D eigenvalue weighted by atomic mass is 79.9. The van der Waals surface area contributed by atoms with Gasteiger partial charge in [0, 0.05) is 16.5 Å². The molecule has 14 heavy (non-hydrogen) atoms. The van der Waals surface area contributed by atoms with Gasteiger partial charge in [-0.05, 0) is 6.07 Å². The van der Waals surface area contributed by atoms with Crippen molar-refractivity contribution >= 4 is 22.2 Å². The zero-order valence-corrected chi connectivity index (χ0v) is 8.48. The van der Waals surface area contributed by atoms with Crippen LogP contribution in [0.15, 0.2) is 10.9 Å². The molecule has 0 aromatic carbocycles. The first-order valence-electron chi connectivity index (χ1n) is 3.65. The monoisotopic (exact) mass is 265 g/mol. The Hall–Kier alpha value is -1.04. The number of aldehydes is 1. The molecule has 0 aliphatic carbocycles. The van der Waals surface area contributed by atoms with Gasteiger partial charge < -0.3 is 4.98 Å². The van der Waals surface area contributed by atoms with Gasteiger partial charge in [-0.3, -0.25) is 9.59 Å². The highest BCUT2D eigenvalue weighted by molar-refractivity contribution is 9.08. The van der Waals surface area contributed by atoms with Crippen LogP contribution in [0.5, 0.6) is 0 Å². The number of halogens is 3. The van der Waals surface area contributed by atoms with E-state index in [1.54, 1.807) is 0 Å². The number of carbonyl (C=O) groups is 1. The fourth-order valence-corrected chi connectivity index (χ4v) is 1.40. The highest BCUT2D eigenvalue weighted by Gasteiger charge is 2.15. The van der Waals surface area contributed by atoms with Gasteiger partial charge in [0.15, 0.2) is 6.29 Å². The van der Waals surface area contributed by atoms with E-state index in [9.17, 15) is 18.4 Å². The zero-order valence-electron chi connectivity index (χ0n) is 6.89. The molecular formula is C8H6BrF2NO2. The quantitative estimate of drug-likeness (QED) is 0.672. The van der Waals surface area contributed by atoms with Crippen LogP contribution in [0, 0.1) is 0 Å². The number of rotatable bonds is 3. The topological polar surface area (TPSA) is 49.9 Å². The minimum absolute atomic E-state index is 0.168. The predicted octanol–water partition coefficient (Wildman–Crippen LogP) is 2.02. The molecule has 0 bridgehead atoms. The average Bonchev–Trinajstić information content (AvgIpc) is 2.16. The number of aromatic nitrogens is 1. The molecule has 0 aliphatic heterocycles. The molecule has 0 saturated heterocycles. The molecule has 0 amide bonds. The van der Waals surface area contributed by atoms with Gasteiger partial charge >= 0.3 is 0 Å². The molecule has 0 spiro atoms. The Bertz CT molecular complexity index is 403. The summed E-state index contributed by atoms with van der Waals surface area (Å²) in [5.74, 6) is 0. The third kappa shape index (κ3) is 2.06. The van der Waals surface area contributed by atoms with Crippen molar-refractivity contribution in [2.75, 3.05) is 0 Å². The fraction of sp³-hybridized carbons (Fsp3) is 0.250. The maximum Gasteiger partial charge on any atom is 0.265 e. The van der Waals surface area contributed by atoms with E-state index in [2.05, 4.69) is 20.9 Å². The van der Waals surface area contributed by atoms with Crippen molar-refractivity contribution in [2.24, 2.45) is 0 Å². The van der Waals surface area contributed by atoms with Crippen molar-refractivity contribution in [1.29, 1.82) is 0 Å². The normalized spacial score (nSPS) is 10.6. The van der Waals surface area contributed by atoms with E-state index in [0.717, 1.165) is 6.07 Å². The Morgan fingerprint density at radius 3 is 2.64 bits per heavy atom. The molecule has 0 fully saturated rings. The van der Waals surface area contributed by atoms with Crippen LogP contribution >= 0.6 is 15.9 Å². The molecule has 76 valence electrons. The van der Waals surface area contributed by atoms with Crippen LogP contribution < -0.4 is 5.56 Å². The van der Waals surface area contributed by atoms with Crippen molar-refractivity contribution in [3.05, 3.63) is 33.2 Å². The van der Waals surface area contributed by atoms with Crippen LogP contribution in [0.4, 0.5) is 8.78 Å². The molecule has 3 nitrogen and oxygen atoms in total. The first kappa shape index (κ1) is 11.0. The van der Waals surface area contributed by atoms with Gasteiger partial charge in [-0.15, -0.1) is 0 Å². The van der Waals surface area contributed by atoms with Crippen LogP contribution in [-0.4, -0.2) is 11.3 Å². The van der Waals surface area contributed by atoms with Crippen molar-refractivity contribution in [3.63, 3.8) is 0 Å². The summed E-state index contributed by atoms with van der Waals surface area (Å²) in [6.45, 7) is 0. The van der Waals surface area contributed by atoms with E-state index in [1.165, 1.54) is 0 Å². The molecule has 1 N–H and O–H groups in total. The number of nitrogens with one attached hydrogen (secondary N) is 1. The van der Waals surface area contributed by atoms with E-state index in [4.69, 9.17) is 0 Å². The predicted molar refractivity (Wildman–Crippen MR) is 50.0 cm³/mol. The lowest BCUT2D eigenvalue weighted by Crippen LogP contribution is -2.15. The summed E-state index contributed by atoms with van der Waals surface area (Å²) in [7, 11) is 0. The molecule has 0 aliphatic rings. The molecule has 6 heteroatoms. The largest absolute Gasteiger partial charge is 0.319 e. The number of aromatic amines is 1. The summed E-state index contributed by atoms with van der Waals surface area (Å²) in [6, 6.07) is 1.03. The van der Waals surface area contributed by atoms with Crippen LogP contribution in [-0.2, 0) is 5.33 Å².